The fourth-order valence-corrected chi connectivity index (χ4v) is 9.13. The number of esters is 1. The Balaban J connectivity index is 1.35. The van der Waals surface area contributed by atoms with Crippen LogP contribution < -0.4 is 0 Å². The van der Waals surface area contributed by atoms with Gasteiger partial charge in [-0.25, -0.2) is 0 Å². The standard InChI is InChI=1S/C29H43NO4/c1-19(31)33-21-12-14-27(2)20(17-21)8-9-22-23-10-11-25(28(23,3)15-13-24(22)27)29(4,18-30)34-26-7-5-6-16-32-26/h8,21-26H,5-7,9-17H2,1-4H3. The number of rotatable bonds is 4. The molecule has 9 atom stereocenters. The maximum Gasteiger partial charge on any atom is 0.302 e. The first-order valence-corrected chi connectivity index (χ1v) is 13.8. The molecule has 0 radical (unpaired) electrons. The number of hydrogen-bond acceptors (Lipinski definition) is 5. The highest BCUT2D eigenvalue weighted by Gasteiger charge is 2.62. The van der Waals surface area contributed by atoms with Crippen LogP contribution in [-0.4, -0.2) is 30.6 Å². The lowest BCUT2D eigenvalue weighted by Crippen LogP contribution is -2.54. The van der Waals surface area contributed by atoms with E-state index in [-0.39, 0.29) is 35.1 Å². The summed E-state index contributed by atoms with van der Waals surface area (Å²) in [6, 6.07) is 2.62. The van der Waals surface area contributed by atoms with Crippen LogP contribution in [-0.2, 0) is 19.0 Å². The molecule has 1 aliphatic heterocycles. The molecule has 4 fully saturated rings. The summed E-state index contributed by atoms with van der Waals surface area (Å²) in [4.78, 5) is 11.5. The van der Waals surface area contributed by atoms with Crippen molar-refractivity contribution in [3.63, 3.8) is 0 Å². The summed E-state index contributed by atoms with van der Waals surface area (Å²) in [7, 11) is 0. The fraction of sp³-hybridized carbons (Fsp3) is 0.862. The minimum atomic E-state index is -0.792. The number of ether oxygens (including phenoxy) is 3. The minimum Gasteiger partial charge on any atom is -0.462 e. The van der Waals surface area contributed by atoms with Gasteiger partial charge in [0, 0.05) is 25.9 Å². The third-order valence-electron chi connectivity index (χ3n) is 10.8. The van der Waals surface area contributed by atoms with Gasteiger partial charge in [-0.05, 0) is 99.7 Å². The second-order valence-electron chi connectivity index (χ2n) is 12.5. The lowest BCUT2D eigenvalue weighted by molar-refractivity contribution is -0.229. The monoisotopic (exact) mass is 469 g/mol. The molecule has 5 rings (SSSR count). The van der Waals surface area contributed by atoms with Gasteiger partial charge in [0.05, 0.1) is 6.07 Å². The van der Waals surface area contributed by atoms with Crippen LogP contribution in [0.2, 0.25) is 0 Å². The zero-order chi connectivity index (χ0) is 24.1. The van der Waals surface area contributed by atoms with E-state index in [1.807, 2.05) is 6.92 Å². The molecule has 9 unspecified atom stereocenters. The summed E-state index contributed by atoms with van der Waals surface area (Å²) in [5.74, 6) is 2.10. The first kappa shape index (κ1) is 24.3. The van der Waals surface area contributed by atoms with Crippen LogP contribution in [0.25, 0.3) is 0 Å². The molecule has 5 nitrogen and oxygen atoms in total. The van der Waals surface area contributed by atoms with E-state index in [0.29, 0.717) is 17.8 Å². The van der Waals surface area contributed by atoms with Gasteiger partial charge >= 0.3 is 5.97 Å². The van der Waals surface area contributed by atoms with Crippen LogP contribution in [0, 0.1) is 45.8 Å². The van der Waals surface area contributed by atoms with Crippen LogP contribution in [0.1, 0.15) is 98.3 Å². The van der Waals surface area contributed by atoms with Crippen LogP contribution >= 0.6 is 0 Å². The smallest absolute Gasteiger partial charge is 0.302 e. The summed E-state index contributed by atoms with van der Waals surface area (Å²) in [6.07, 6.45) is 14.2. The maximum absolute atomic E-state index is 11.5. The Morgan fingerprint density at radius 3 is 2.68 bits per heavy atom. The van der Waals surface area contributed by atoms with Gasteiger partial charge in [0.25, 0.3) is 0 Å². The predicted octanol–water partition coefficient (Wildman–Crippen LogP) is 6.32. The third-order valence-corrected chi connectivity index (χ3v) is 10.8. The zero-order valence-electron chi connectivity index (χ0n) is 21.6. The van der Waals surface area contributed by atoms with Gasteiger partial charge in [-0.3, -0.25) is 4.79 Å². The number of nitriles is 1. The Hall–Kier alpha value is -1.38. The van der Waals surface area contributed by atoms with Gasteiger partial charge in [-0.15, -0.1) is 0 Å². The van der Waals surface area contributed by atoms with Crippen LogP contribution in [0.15, 0.2) is 11.6 Å². The van der Waals surface area contributed by atoms with Crippen molar-refractivity contribution in [2.24, 2.45) is 34.5 Å². The molecule has 1 saturated heterocycles. The molecule has 1 heterocycles. The highest BCUT2D eigenvalue weighted by atomic mass is 16.7. The molecule has 5 heteroatoms. The van der Waals surface area contributed by atoms with E-state index in [1.54, 1.807) is 0 Å². The van der Waals surface area contributed by atoms with E-state index >= 15 is 0 Å². The molecule has 0 bridgehead atoms. The maximum atomic E-state index is 11.5. The van der Waals surface area contributed by atoms with E-state index in [4.69, 9.17) is 14.2 Å². The lowest BCUT2D eigenvalue weighted by Gasteiger charge is -2.58. The molecule has 188 valence electrons. The lowest BCUT2D eigenvalue weighted by atomic mass is 9.47. The van der Waals surface area contributed by atoms with Crippen molar-refractivity contribution in [2.75, 3.05) is 6.61 Å². The number of fused-ring (bicyclic) bond motifs is 5. The average molecular weight is 470 g/mol. The summed E-state index contributed by atoms with van der Waals surface area (Å²) >= 11 is 0. The van der Waals surface area contributed by atoms with Gasteiger partial charge in [0.2, 0.25) is 0 Å². The number of hydrogen-bond donors (Lipinski definition) is 0. The Labute approximate surface area is 205 Å². The van der Waals surface area contributed by atoms with E-state index in [9.17, 15) is 10.1 Å². The number of carbonyl (C=O) groups excluding carboxylic acids is 1. The van der Waals surface area contributed by atoms with Crippen molar-refractivity contribution in [3.8, 4) is 6.07 Å². The Kier molecular flexibility index (Phi) is 6.39. The molecule has 0 amide bonds. The van der Waals surface area contributed by atoms with Crippen molar-refractivity contribution < 1.29 is 19.0 Å². The summed E-state index contributed by atoms with van der Waals surface area (Å²) in [5, 5.41) is 10.3. The highest BCUT2D eigenvalue weighted by molar-refractivity contribution is 5.66. The molecule has 0 aromatic carbocycles. The molecule has 4 aliphatic carbocycles. The number of nitrogens with zero attached hydrogens (tertiary/aromatic N) is 1. The molecular weight excluding hydrogens is 426 g/mol. The van der Waals surface area contributed by atoms with Gasteiger partial charge < -0.3 is 14.2 Å². The third kappa shape index (κ3) is 3.94. The van der Waals surface area contributed by atoms with Crippen molar-refractivity contribution in [1.82, 2.24) is 0 Å². The van der Waals surface area contributed by atoms with Crippen molar-refractivity contribution in [2.45, 2.75) is 116 Å². The molecule has 0 aromatic rings. The molecule has 0 N–H and O–H groups in total. The molecule has 5 aliphatic rings. The van der Waals surface area contributed by atoms with E-state index in [1.165, 1.54) is 31.8 Å². The molecular formula is C29H43NO4. The number of carbonyl (C=O) groups is 1. The molecule has 34 heavy (non-hydrogen) atoms. The minimum absolute atomic E-state index is 0.0496. The van der Waals surface area contributed by atoms with Crippen molar-refractivity contribution in [1.29, 1.82) is 5.26 Å². The van der Waals surface area contributed by atoms with Crippen LogP contribution in [0.4, 0.5) is 0 Å². The Morgan fingerprint density at radius 1 is 1.15 bits per heavy atom. The van der Waals surface area contributed by atoms with Crippen LogP contribution in [0.5, 0.6) is 0 Å². The van der Waals surface area contributed by atoms with Crippen molar-refractivity contribution >= 4 is 5.97 Å². The second kappa shape index (κ2) is 8.93. The predicted molar refractivity (Wildman–Crippen MR) is 129 cm³/mol. The normalized spacial score (nSPS) is 45.6. The fourth-order valence-electron chi connectivity index (χ4n) is 9.13. The first-order valence-electron chi connectivity index (χ1n) is 13.8. The summed E-state index contributed by atoms with van der Waals surface area (Å²) < 4.78 is 18.0. The van der Waals surface area contributed by atoms with E-state index in [2.05, 4.69) is 26.0 Å². The van der Waals surface area contributed by atoms with Gasteiger partial charge in [0.1, 0.15) is 6.10 Å². The Morgan fingerprint density at radius 2 is 1.97 bits per heavy atom. The molecule has 3 saturated carbocycles. The SMILES string of the molecule is CC(=O)OC1CCC2(C)C(=CCC3C2CCC2(C)C3CCC2C(C)(C#N)OC2CCCCO2)C1. The first-order chi connectivity index (χ1) is 16.2. The van der Waals surface area contributed by atoms with Gasteiger partial charge in [0.15, 0.2) is 11.9 Å². The summed E-state index contributed by atoms with van der Waals surface area (Å²) in [6.45, 7) is 9.25. The van der Waals surface area contributed by atoms with E-state index < -0.39 is 5.60 Å². The van der Waals surface area contributed by atoms with Gasteiger partial charge in [-0.1, -0.05) is 25.5 Å². The largest absolute Gasteiger partial charge is 0.462 e. The summed E-state index contributed by atoms with van der Waals surface area (Å²) in [5.41, 5.74) is 1.10. The topological polar surface area (TPSA) is 68.6 Å². The van der Waals surface area contributed by atoms with Crippen LogP contribution in [0.3, 0.4) is 0 Å². The average Bonchev–Trinajstić information content (AvgIpc) is 3.17. The highest BCUT2D eigenvalue weighted by Crippen LogP contribution is 2.67. The number of allylic oxidation sites excluding steroid dienone is 1. The van der Waals surface area contributed by atoms with Crippen molar-refractivity contribution in [3.05, 3.63) is 11.6 Å². The van der Waals surface area contributed by atoms with Gasteiger partial charge in [-0.2, -0.15) is 5.26 Å². The Bertz CT molecular complexity index is 872. The quantitative estimate of drug-likeness (QED) is 0.356. The zero-order valence-corrected chi connectivity index (χ0v) is 21.6. The second-order valence-corrected chi connectivity index (χ2v) is 12.5. The molecule has 0 spiro atoms. The molecule has 0 aromatic heterocycles. The van der Waals surface area contributed by atoms with E-state index in [0.717, 1.165) is 58.0 Å².